The van der Waals surface area contributed by atoms with Crippen molar-refractivity contribution in [2.45, 2.75) is 12.7 Å². The summed E-state index contributed by atoms with van der Waals surface area (Å²) in [7, 11) is 0. The van der Waals surface area contributed by atoms with Crippen molar-refractivity contribution in [1.82, 2.24) is 5.64 Å². The van der Waals surface area contributed by atoms with Crippen LogP contribution < -0.4 is 11.4 Å². The first kappa shape index (κ1) is 12.1. The average molecular weight is 212 g/mol. The molecule has 0 bridgehead atoms. The second-order valence-corrected chi connectivity index (χ2v) is 3.06. The third kappa shape index (κ3) is 5.46. The molecule has 0 radical (unpaired) electrons. The first-order valence-electron chi connectivity index (χ1n) is 4.73. The van der Waals surface area contributed by atoms with Crippen LogP contribution in [-0.4, -0.2) is 24.4 Å². The van der Waals surface area contributed by atoms with Crippen LogP contribution in [0.2, 0.25) is 0 Å². The Balaban J connectivity index is 2.03. The van der Waals surface area contributed by atoms with Gasteiger partial charge in [-0.2, -0.15) is 0 Å². The van der Waals surface area contributed by atoms with E-state index in [-0.39, 0.29) is 13.2 Å². The summed E-state index contributed by atoms with van der Waals surface area (Å²) in [5.74, 6) is 0. The molecule has 1 aromatic carbocycles. The van der Waals surface area contributed by atoms with Gasteiger partial charge in [0.25, 0.3) is 0 Å². The van der Waals surface area contributed by atoms with Gasteiger partial charge in [-0.05, 0) is 5.56 Å². The summed E-state index contributed by atoms with van der Waals surface area (Å²) in [6, 6.07) is 9.67. The summed E-state index contributed by atoms with van der Waals surface area (Å²) in [5.41, 5.74) is 8.50. The van der Waals surface area contributed by atoms with Gasteiger partial charge in [-0.25, -0.2) is 0 Å². The molecule has 1 rings (SSSR count). The fourth-order valence-electron chi connectivity index (χ4n) is 0.927. The predicted octanol–water partition coefficient (Wildman–Crippen LogP) is -0.0410. The molecule has 1 unspecified atom stereocenters. The van der Waals surface area contributed by atoms with Gasteiger partial charge in [0.15, 0.2) is 0 Å². The van der Waals surface area contributed by atoms with Crippen LogP contribution in [0.15, 0.2) is 30.3 Å². The number of benzene rings is 1. The van der Waals surface area contributed by atoms with Gasteiger partial charge >= 0.3 is 0 Å². The Bertz CT molecular complexity index is 256. The van der Waals surface area contributed by atoms with Crippen LogP contribution in [0.3, 0.4) is 0 Å². The van der Waals surface area contributed by atoms with Crippen LogP contribution in [0.25, 0.3) is 0 Å². The summed E-state index contributed by atoms with van der Waals surface area (Å²) in [5, 5.41) is 9.03. The van der Waals surface area contributed by atoms with Crippen molar-refractivity contribution < 1.29 is 14.8 Å². The first-order valence-corrected chi connectivity index (χ1v) is 4.73. The third-order valence-corrected chi connectivity index (χ3v) is 1.75. The molecular weight excluding hydrogens is 196 g/mol. The zero-order valence-electron chi connectivity index (χ0n) is 8.43. The molecule has 1 atom stereocenters. The van der Waals surface area contributed by atoms with E-state index in [1.165, 1.54) is 0 Å². The maximum Gasteiger partial charge on any atom is 0.0980 e. The second-order valence-electron chi connectivity index (χ2n) is 3.06. The highest BCUT2D eigenvalue weighted by Crippen LogP contribution is 1.98. The van der Waals surface area contributed by atoms with E-state index >= 15 is 0 Å². The zero-order valence-corrected chi connectivity index (χ0v) is 8.43. The molecule has 4 N–H and O–H groups in total. The molecule has 5 heteroatoms. The molecule has 5 nitrogen and oxygen atoms in total. The van der Waals surface area contributed by atoms with Crippen LogP contribution in [-0.2, 0) is 16.3 Å². The van der Waals surface area contributed by atoms with Crippen LogP contribution in [0, 0.1) is 0 Å². The Morgan fingerprint density at radius 2 is 2.00 bits per heavy atom. The molecule has 0 saturated heterocycles. The van der Waals surface area contributed by atoms with E-state index in [0.717, 1.165) is 5.56 Å². The lowest BCUT2D eigenvalue weighted by Gasteiger charge is -2.09. The SMILES string of the molecule is NCC(O)CONOCc1ccccc1. The van der Waals surface area contributed by atoms with Gasteiger partial charge in [0, 0.05) is 6.54 Å². The van der Waals surface area contributed by atoms with Crippen LogP contribution in [0.1, 0.15) is 5.56 Å². The van der Waals surface area contributed by atoms with Gasteiger partial charge in [0.2, 0.25) is 0 Å². The highest BCUT2D eigenvalue weighted by atomic mass is 16.9. The highest BCUT2D eigenvalue weighted by molar-refractivity contribution is 5.13. The highest BCUT2D eigenvalue weighted by Gasteiger charge is 1.99. The summed E-state index contributed by atoms with van der Waals surface area (Å²) in [6.07, 6.45) is -0.669. The maximum atomic E-state index is 9.03. The molecule has 0 fully saturated rings. The Hall–Kier alpha value is -0.980. The van der Waals surface area contributed by atoms with Gasteiger partial charge < -0.3 is 10.8 Å². The van der Waals surface area contributed by atoms with Gasteiger partial charge in [0.1, 0.15) is 0 Å². The molecule has 1 aromatic rings. The number of hydrogen-bond acceptors (Lipinski definition) is 5. The third-order valence-electron chi connectivity index (χ3n) is 1.75. The van der Waals surface area contributed by atoms with Crippen molar-refractivity contribution in [3.8, 4) is 0 Å². The Morgan fingerprint density at radius 1 is 1.27 bits per heavy atom. The number of aliphatic hydroxyl groups is 1. The van der Waals surface area contributed by atoms with Crippen molar-refractivity contribution in [2.75, 3.05) is 13.2 Å². The predicted molar refractivity (Wildman–Crippen MR) is 55.4 cm³/mol. The summed E-state index contributed by atoms with van der Waals surface area (Å²) >= 11 is 0. The molecule has 84 valence electrons. The fraction of sp³-hybridized carbons (Fsp3) is 0.400. The van der Waals surface area contributed by atoms with E-state index in [1.54, 1.807) is 0 Å². The van der Waals surface area contributed by atoms with Gasteiger partial charge in [-0.15, -0.1) is 0 Å². The standard InChI is InChI=1S/C10H16N2O3/c11-6-10(13)8-15-12-14-7-9-4-2-1-3-5-9/h1-5,10,12-13H,6-8,11H2. The average Bonchev–Trinajstić information content (AvgIpc) is 2.29. The second kappa shape index (κ2) is 7.33. The van der Waals surface area contributed by atoms with Gasteiger partial charge in [-0.1, -0.05) is 36.0 Å². The molecule has 0 aliphatic carbocycles. The number of nitrogens with one attached hydrogen (secondary N) is 1. The molecule has 15 heavy (non-hydrogen) atoms. The topological polar surface area (TPSA) is 76.7 Å². The number of hydrogen-bond donors (Lipinski definition) is 3. The van der Waals surface area contributed by atoms with E-state index in [2.05, 4.69) is 5.64 Å². The van der Waals surface area contributed by atoms with Gasteiger partial charge in [-0.3, -0.25) is 9.68 Å². The van der Waals surface area contributed by atoms with Gasteiger partial charge in [0.05, 0.1) is 19.3 Å². The minimum atomic E-state index is -0.669. The summed E-state index contributed by atoms with van der Waals surface area (Å²) in [6.45, 7) is 0.672. The zero-order chi connectivity index (χ0) is 10.9. The lowest BCUT2D eigenvalue weighted by atomic mass is 10.2. The molecule has 0 amide bonds. The lowest BCUT2D eigenvalue weighted by molar-refractivity contribution is -0.189. The molecule has 0 saturated carbocycles. The minimum Gasteiger partial charge on any atom is -0.389 e. The van der Waals surface area contributed by atoms with Crippen molar-refractivity contribution in [3.05, 3.63) is 35.9 Å². The molecule has 0 aliphatic rings. The van der Waals surface area contributed by atoms with Crippen molar-refractivity contribution in [3.63, 3.8) is 0 Å². The summed E-state index contributed by atoms with van der Waals surface area (Å²) < 4.78 is 0. The largest absolute Gasteiger partial charge is 0.389 e. The molecule has 0 aliphatic heterocycles. The van der Waals surface area contributed by atoms with Crippen molar-refractivity contribution in [2.24, 2.45) is 5.73 Å². The van der Waals surface area contributed by atoms with E-state index in [4.69, 9.17) is 20.5 Å². The quantitative estimate of drug-likeness (QED) is 0.436. The molecule has 0 aromatic heterocycles. The maximum absolute atomic E-state index is 9.03. The minimum absolute atomic E-state index is 0.102. The smallest absolute Gasteiger partial charge is 0.0980 e. The lowest BCUT2D eigenvalue weighted by Crippen LogP contribution is -2.29. The molecule has 0 spiro atoms. The fourth-order valence-corrected chi connectivity index (χ4v) is 0.927. The van der Waals surface area contributed by atoms with E-state index in [1.807, 2.05) is 30.3 Å². The van der Waals surface area contributed by atoms with Crippen molar-refractivity contribution >= 4 is 0 Å². The molecular formula is C10H16N2O3. The van der Waals surface area contributed by atoms with Crippen LogP contribution in [0.4, 0.5) is 0 Å². The Morgan fingerprint density at radius 3 is 2.67 bits per heavy atom. The van der Waals surface area contributed by atoms with E-state index < -0.39 is 6.10 Å². The number of aliphatic hydroxyl groups excluding tert-OH is 1. The van der Waals surface area contributed by atoms with E-state index in [9.17, 15) is 0 Å². The van der Waals surface area contributed by atoms with Crippen LogP contribution in [0.5, 0.6) is 0 Å². The molecule has 0 heterocycles. The van der Waals surface area contributed by atoms with E-state index in [0.29, 0.717) is 6.61 Å². The Labute approximate surface area is 88.7 Å². The normalized spacial score (nSPS) is 12.7. The first-order chi connectivity index (χ1) is 7.33. The summed E-state index contributed by atoms with van der Waals surface area (Å²) in [4.78, 5) is 9.80. The number of nitrogens with two attached hydrogens (primary N) is 1. The Kier molecular flexibility index (Phi) is 5.91. The van der Waals surface area contributed by atoms with Crippen molar-refractivity contribution in [1.29, 1.82) is 0 Å². The number of rotatable bonds is 7. The van der Waals surface area contributed by atoms with Crippen LogP contribution >= 0.6 is 0 Å². The monoisotopic (exact) mass is 212 g/mol.